The molecule has 6 rings (SSSR count). The number of anilines is 1. The van der Waals surface area contributed by atoms with Crippen molar-refractivity contribution >= 4 is 16.7 Å². The number of hydrazine groups is 1. The number of aliphatic hydroxyl groups excluding tert-OH is 1. The highest BCUT2D eigenvalue weighted by atomic mass is 16.3. The number of nitrogen functional groups attached to an aromatic ring is 1. The van der Waals surface area contributed by atoms with Crippen LogP contribution < -0.4 is 11.3 Å². The highest BCUT2D eigenvalue weighted by Gasteiger charge is 2.24. The minimum atomic E-state index is -0.177. The van der Waals surface area contributed by atoms with Gasteiger partial charge in [0.1, 0.15) is 5.82 Å². The maximum atomic E-state index is 9.93. The summed E-state index contributed by atoms with van der Waals surface area (Å²) < 4.78 is 0. The van der Waals surface area contributed by atoms with Crippen LogP contribution in [-0.2, 0) is 13.0 Å². The third-order valence-corrected chi connectivity index (χ3v) is 7.96. The molecule has 1 aliphatic heterocycles. The molecule has 8 nitrogen and oxygen atoms in total. The Hall–Kier alpha value is -3.33. The lowest BCUT2D eigenvalue weighted by molar-refractivity contribution is 0.122. The second-order valence-electron chi connectivity index (χ2n) is 10.6. The lowest BCUT2D eigenvalue weighted by Gasteiger charge is -2.25. The van der Waals surface area contributed by atoms with Crippen molar-refractivity contribution in [3.8, 4) is 11.1 Å². The molecular weight excluding hydrogens is 462 g/mol. The summed E-state index contributed by atoms with van der Waals surface area (Å²) in [6.07, 6.45) is 14.3. The average Bonchev–Trinajstić information content (AvgIpc) is 3.59. The maximum absolute atomic E-state index is 9.93. The van der Waals surface area contributed by atoms with Gasteiger partial charge in [-0.3, -0.25) is 20.7 Å². The number of nitrogens with zero attached hydrogens (tertiary/aromatic N) is 4. The number of aliphatic hydroxyl groups is 1. The Morgan fingerprint density at radius 1 is 0.973 bits per heavy atom. The van der Waals surface area contributed by atoms with Crippen LogP contribution in [0.4, 0.5) is 5.69 Å². The Bertz CT molecular complexity index is 1370. The smallest absolute Gasteiger partial charge is 0.111 e. The highest BCUT2D eigenvalue weighted by molar-refractivity contribution is 5.78. The van der Waals surface area contributed by atoms with E-state index in [0.717, 1.165) is 71.5 Å². The van der Waals surface area contributed by atoms with Gasteiger partial charge in [-0.25, -0.2) is 4.98 Å². The monoisotopic (exact) mass is 497 g/mol. The number of pyridine rings is 2. The van der Waals surface area contributed by atoms with Crippen molar-refractivity contribution in [2.45, 2.75) is 63.5 Å². The van der Waals surface area contributed by atoms with Gasteiger partial charge in [0, 0.05) is 42.7 Å². The number of aromatic nitrogens is 4. The van der Waals surface area contributed by atoms with Crippen LogP contribution in [0.1, 0.15) is 67.0 Å². The lowest BCUT2D eigenvalue weighted by atomic mass is 9.83. The van der Waals surface area contributed by atoms with Crippen molar-refractivity contribution in [1.82, 2.24) is 24.8 Å². The molecule has 4 aromatic rings. The minimum Gasteiger partial charge on any atom is -0.393 e. The van der Waals surface area contributed by atoms with Crippen LogP contribution in [0.25, 0.3) is 22.2 Å². The van der Waals surface area contributed by atoms with E-state index in [9.17, 15) is 5.11 Å². The van der Waals surface area contributed by atoms with Crippen LogP contribution in [0.2, 0.25) is 0 Å². The topological polar surface area (TPSA) is 116 Å². The zero-order chi connectivity index (χ0) is 25.2. The van der Waals surface area contributed by atoms with Gasteiger partial charge >= 0.3 is 0 Å². The number of aromatic amines is 1. The Morgan fingerprint density at radius 2 is 1.78 bits per heavy atom. The van der Waals surface area contributed by atoms with Gasteiger partial charge in [0.05, 0.1) is 29.0 Å². The van der Waals surface area contributed by atoms with Crippen molar-refractivity contribution < 1.29 is 5.11 Å². The highest BCUT2D eigenvalue weighted by Crippen LogP contribution is 2.36. The summed E-state index contributed by atoms with van der Waals surface area (Å²) in [6, 6.07) is 8.55. The number of nitrogens with two attached hydrogens (primary N) is 1. The van der Waals surface area contributed by atoms with Crippen molar-refractivity contribution in [2.75, 3.05) is 18.5 Å². The molecule has 1 aliphatic carbocycles. The van der Waals surface area contributed by atoms with Gasteiger partial charge in [0.15, 0.2) is 0 Å². The summed E-state index contributed by atoms with van der Waals surface area (Å²) in [5, 5.41) is 9.93. The van der Waals surface area contributed by atoms with Gasteiger partial charge in [-0.05, 0) is 92.4 Å². The first-order valence-corrected chi connectivity index (χ1v) is 13.4. The van der Waals surface area contributed by atoms with Gasteiger partial charge in [0.2, 0.25) is 0 Å². The molecule has 0 radical (unpaired) electrons. The molecule has 8 heteroatoms. The zero-order valence-corrected chi connectivity index (χ0v) is 21.2. The molecule has 1 saturated carbocycles. The van der Waals surface area contributed by atoms with Crippen molar-refractivity contribution in [1.29, 1.82) is 0 Å². The fourth-order valence-corrected chi connectivity index (χ4v) is 5.95. The van der Waals surface area contributed by atoms with Crippen LogP contribution in [0.5, 0.6) is 0 Å². The summed E-state index contributed by atoms with van der Waals surface area (Å²) in [4.78, 5) is 20.0. The normalized spacial score (nSPS) is 20.5. The summed E-state index contributed by atoms with van der Waals surface area (Å²) in [5.41, 5.74) is 11.4. The van der Waals surface area contributed by atoms with Crippen LogP contribution in [0.15, 0.2) is 49.1 Å². The van der Waals surface area contributed by atoms with E-state index in [2.05, 4.69) is 43.5 Å². The van der Waals surface area contributed by atoms with E-state index < -0.39 is 0 Å². The van der Waals surface area contributed by atoms with Gasteiger partial charge in [0.25, 0.3) is 0 Å². The number of likely N-dealkylation sites (tertiary alicyclic amines) is 1. The summed E-state index contributed by atoms with van der Waals surface area (Å²) in [6.45, 7) is 3.29. The summed E-state index contributed by atoms with van der Waals surface area (Å²) in [7, 11) is 0. The number of rotatable bonds is 7. The van der Waals surface area contributed by atoms with E-state index >= 15 is 0 Å². The first-order chi connectivity index (χ1) is 18.2. The molecule has 2 aliphatic rings. The molecule has 0 spiro atoms. The van der Waals surface area contributed by atoms with Crippen molar-refractivity contribution in [3.63, 3.8) is 0 Å². The van der Waals surface area contributed by atoms with E-state index in [0.29, 0.717) is 12.3 Å². The molecule has 1 aromatic carbocycles. The number of hydrogen-bond acceptors (Lipinski definition) is 7. The van der Waals surface area contributed by atoms with E-state index in [1.807, 2.05) is 30.9 Å². The SMILES string of the molecule is NNc1ccc(-c2cncc(CN3CCCC3)c2)cc1Cc1nc2c(C3CCC(O)CC3)cncc2[nH]1. The molecule has 1 saturated heterocycles. The lowest BCUT2D eigenvalue weighted by Crippen LogP contribution is -2.18. The summed E-state index contributed by atoms with van der Waals surface area (Å²) in [5.74, 6) is 7.16. The quantitative estimate of drug-likeness (QED) is 0.219. The van der Waals surface area contributed by atoms with Gasteiger partial charge in [-0.1, -0.05) is 6.07 Å². The number of imidazole rings is 1. The van der Waals surface area contributed by atoms with Gasteiger partial charge < -0.3 is 15.5 Å². The Kier molecular flexibility index (Phi) is 6.87. The molecule has 0 amide bonds. The molecule has 3 aromatic heterocycles. The van der Waals surface area contributed by atoms with Crippen molar-refractivity contribution in [3.05, 3.63) is 71.6 Å². The van der Waals surface area contributed by atoms with Gasteiger partial charge in [-0.2, -0.15) is 0 Å². The first-order valence-electron chi connectivity index (χ1n) is 13.4. The van der Waals surface area contributed by atoms with Gasteiger partial charge in [-0.15, -0.1) is 0 Å². The molecule has 192 valence electrons. The minimum absolute atomic E-state index is 0.177. The summed E-state index contributed by atoms with van der Waals surface area (Å²) >= 11 is 0. The number of benzene rings is 1. The Morgan fingerprint density at radius 3 is 2.59 bits per heavy atom. The van der Waals surface area contributed by atoms with Crippen LogP contribution >= 0.6 is 0 Å². The Balaban J connectivity index is 1.27. The van der Waals surface area contributed by atoms with Crippen LogP contribution in [0, 0.1) is 0 Å². The van der Waals surface area contributed by atoms with E-state index in [1.165, 1.54) is 37.1 Å². The fourth-order valence-electron chi connectivity index (χ4n) is 5.95. The van der Waals surface area contributed by atoms with Crippen LogP contribution in [-0.4, -0.2) is 49.1 Å². The third kappa shape index (κ3) is 5.23. The standard InChI is InChI=1S/C29H35N7O/c30-35-26-8-5-21(23-11-19(14-31-15-23)18-36-9-1-2-10-36)12-22(26)13-28-33-27-17-32-16-25(29(27)34-28)20-3-6-24(37)7-4-20/h5,8,11-12,14-17,20,24,35,37H,1-4,6-7,9-10,13,18,30H2,(H,33,34). The molecule has 0 bridgehead atoms. The molecule has 37 heavy (non-hydrogen) atoms. The first kappa shape index (κ1) is 24.0. The molecule has 5 N–H and O–H groups in total. The predicted octanol–water partition coefficient (Wildman–Crippen LogP) is 4.51. The third-order valence-electron chi connectivity index (χ3n) is 7.96. The van der Waals surface area contributed by atoms with E-state index in [1.54, 1.807) is 0 Å². The number of H-pyrrole nitrogens is 1. The molecule has 0 unspecified atom stereocenters. The van der Waals surface area contributed by atoms with E-state index in [4.69, 9.17) is 10.8 Å². The number of fused-ring (bicyclic) bond motifs is 1. The predicted molar refractivity (Wildman–Crippen MR) is 146 cm³/mol. The zero-order valence-electron chi connectivity index (χ0n) is 21.2. The largest absolute Gasteiger partial charge is 0.393 e. The molecule has 4 heterocycles. The average molecular weight is 498 g/mol. The maximum Gasteiger partial charge on any atom is 0.111 e. The fraction of sp³-hybridized carbons (Fsp3) is 0.414. The molecule has 2 fully saturated rings. The molecular formula is C29H35N7O. The van der Waals surface area contributed by atoms with Crippen LogP contribution in [0.3, 0.4) is 0 Å². The number of nitrogens with one attached hydrogen (secondary N) is 2. The second kappa shape index (κ2) is 10.6. The number of hydrogen-bond donors (Lipinski definition) is 4. The second-order valence-corrected chi connectivity index (χ2v) is 10.6. The Labute approximate surface area is 217 Å². The van der Waals surface area contributed by atoms with E-state index in [-0.39, 0.29) is 6.10 Å². The molecule has 0 atom stereocenters. The van der Waals surface area contributed by atoms with Crippen molar-refractivity contribution in [2.24, 2.45) is 5.84 Å².